The van der Waals surface area contributed by atoms with E-state index < -0.39 is 0 Å². The Morgan fingerprint density at radius 2 is 1.89 bits per heavy atom. The summed E-state index contributed by atoms with van der Waals surface area (Å²) in [6.45, 7) is 4.28. The van der Waals surface area contributed by atoms with Gasteiger partial charge in [0.2, 0.25) is 5.91 Å². The molecule has 96 valence electrons. The van der Waals surface area contributed by atoms with Crippen LogP contribution >= 0.6 is 11.6 Å². The second-order valence-corrected chi connectivity index (χ2v) is 5.43. The van der Waals surface area contributed by atoms with Gasteiger partial charge >= 0.3 is 0 Å². The van der Waals surface area contributed by atoms with Crippen LogP contribution in [-0.2, 0) is 4.79 Å². The molecule has 0 fully saturated rings. The zero-order valence-electron chi connectivity index (χ0n) is 10.8. The molecule has 3 heteroatoms. The lowest BCUT2D eigenvalue weighted by Crippen LogP contribution is -2.25. The van der Waals surface area contributed by atoms with Crippen LogP contribution in [0.15, 0.2) is 35.4 Å². The molecule has 0 aromatic heterocycles. The Balaban J connectivity index is 1.99. The van der Waals surface area contributed by atoms with Gasteiger partial charge < -0.3 is 5.32 Å². The van der Waals surface area contributed by atoms with Crippen LogP contribution in [0.2, 0.25) is 5.02 Å². The average molecular weight is 264 g/mol. The fourth-order valence-electron chi connectivity index (χ4n) is 2.25. The third-order valence-corrected chi connectivity index (χ3v) is 3.88. The van der Waals surface area contributed by atoms with Gasteiger partial charge in [-0.1, -0.05) is 22.7 Å². The van der Waals surface area contributed by atoms with E-state index in [0.717, 1.165) is 24.9 Å². The summed E-state index contributed by atoms with van der Waals surface area (Å²) in [4.78, 5) is 12.1. The van der Waals surface area contributed by atoms with Crippen LogP contribution in [0.4, 0.5) is 5.69 Å². The van der Waals surface area contributed by atoms with Crippen LogP contribution in [0, 0.1) is 5.92 Å². The van der Waals surface area contributed by atoms with Crippen molar-refractivity contribution in [2.24, 2.45) is 5.92 Å². The summed E-state index contributed by atoms with van der Waals surface area (Å²) in [7, 11) is 0. The Morgan fingerprint density at radius 3 is 2.50 bits per heavy atom. The quantitative estimate of drug-likeness (QED) is 0.787. The Hall–Kier alpha value is -1.28. The van der Waals surface area contributed by atoms with Crippen LogP contribution in [0.5, 0.6) is 0 Å². The standard InChI is InChI=1S/C15H18ClNO/c1-10-3-4-12(9-11(10)2)15(18)17-14-7-5-13(16)6-8-14/h5-8,12H,3-4,9H2,1-2H3,(H,17,18). The summed E-state index contributed by atoms with van der Waals surface area (Å²) in [5.41, 5.74) is 3.61. The molecule has 2 nitrogen and oxygen atoms in total. The first-order chi connectivity index (χ1) is 8.56. The molecular weight excluding hydrogens is 246 g/mol. The highest BCUT2D eigenvalue weighted by molar-refractivity contribution is 6.30. The van der Waals surface area contributed by atoms with Crippen molar-refractivity contribution < 1.29 is 4.79 Å². The fourth-order valence-corrected chi connectivity index (χ4v) is 2.38. The van der Waals surface area contributed by atoms with Gasteiger partial charge in [-0.2, -0.15) is 0 Å². The third-order valence-electron chi connectivity index (χ3n) is 3.63. The summed E-state index contributed by atoms with van der Waals surface area (Å²) < 4.78 is 0. The summed E-state index contributed by atoms with van der Waals surface area (Å²) in [6.07, 6.45) is 2.86. The van der Waals surface area contributed by atoms with Crippen molar-refractivity contribution in [2.45, 2.75) is 33.1 Å². The molecule has 1 aliphatic rings. The molecule has 1 aromatic rings. The van der Waals surface area contributed by atoms with Crippen molar-refractivity contribution in [2.75, 3.05) is 5.32 Å². The maximum Gasteiger partial charge on any atom is 0.227 e. The highest BCUT2D eigenvalue weighted by Crippen LogP contribution is 2.29. The number of hydrogen-bond acceptors (Lipinski definition) is 1. The third kappa shape index (κ3) is 3.14. The summed E-state index contributed by atoms with van der Waals surface area (Å²) in [5.74, 6) is 0.216. The van der Waals surface area contributed by atoms with Gasteiger partial charge in [0.05, 0.1) is 0 Å². The number of hydrogen-bond donors (Lipinski definition) is 1. The molecule has 1 aromatic carbocycles. The number of carbonyl (C=O) groups is 1. The largest absolute Gasteiger partial charge is 0.326 e. The van der Waals surface area contributed by atoms with Gasteiger partial charge in [-0.05, 0) is 57.4 Å². The zero-order chi connectivity index (χ0) is 13.1. The van der Waals surface area contributed by atoms with E-state index in [2.05, 4.69) is 19.2 Å². The van der Waals surface area contributed by atoms with Crippen molar-refractivity contribution in [1.29, 1.82) is 0 Å². The van der Waals surface area contributed by atoms with Gasteiger partial charge in [0.25, 0.3) is 0 Å². The van der Waals surface area contributed by atoms with Gasteiger partial charge in [0, 0.05) is 16.6 Å². The molecule has 1 atom stereocenters. The number of allylic oxidation sites excluding steroid dienone is 2. The van der Waals surface area contributed by atoms with Gasteiger partial charge in [-0.25, -0.2) is 0 Å². The van der Waals surface area contributed by atoms with E-state index in [-0.39, 0.29) is 11.8 Å². The van der Waals surface area contributed by atoms with Crippen molar-refractivity contribution >= 4 is 23.2 Å². The van der Waals surface area contributed by atoms with Crippen molar-refractivity contribution in [3.63, 3.8) is 0 Å². The van der Waals surface area contributed by atoms with E-state index >= 15 is 0 Å². The molecule has 0 saturated heterocycles. The summed E-state index contributed by atoms with van der Waals surface area (Å²) >= 11 is 5.81. The van der Waals surface area contributed by atoms with E-state index in [1.165, 1.54) is 11.1 Å². The van der Waals surface area contributed by atoms with E-state index in [1.54, 1.807) is 12.1 Å². The molecule has 0 heterocycles. The minimum atomic E-state index is 0.101. The Bertz CT molecular complexity index is 476. The molecule has 0 bridgehead atoms. The number of benzene rings is 1. The number of halogens is 1. The fraction of sp³-hybridized carbons (Fsp3) is 0.400. The Labute approximate surface area is 113 Å². The van der Waals surface area contributed by atoms with E-state index in [4.69, 9.17) is 11.6 Å². The highest BCUT2D eigenvalue weighted by Gasteiger charge is 2.23. The number of amides is 1. The van der Waals surface area contributed by atoms with Gasteiger partial charge in [0.15, 0.2) is 0 Å². The maximum atomic E-state index is 12.1. The second-order valence-electron chi connectivity index (χ2n) is 5.00. The minimum Gasteiger partial charge on any atom is -0.326 e. The van der Waals surface area contributed by atoms with Crippen molar-refractivity contribution in [1.82, 2.24) is 0 Å². The zero-order valence-corrected chi connectivity index (χ0v) is 11.6. The van der Waals surface area contributed by atoms with Crippen molar-refractivity contribution in [3.05, 3.63) is 40.4 Å². The minimum absolute atomic E-state index is 0.101. The van der Waals surface area contributed by atoms with Crippen LogP contribution in [0.25, 0.3) is 0 Å². The maximum absolute atomic E-state index is 12.1. The molecule has 2 rings (SSSR count). The molecule has 0 spiro atoms. The molecule has 1 aliphatic carbocycles. The lowest BCUT2D eigenvalue weighted by atomic mass is 9.84. The first kappa shape index (κ1) is 13.2. The lowest BCUT2D eigenvalue weighted by Gasteiger charge is -2.23. The van der Waals surface area contributed by atoms with Crippen LogP contribution in [-0.4, -0.2) is 5.91 Å². The average Bonchev–Trinajstić information content (AvgIpc) is 2.35. The number of nitrogens with one attached hydrogen (secondary N) is 1. The second kappa shape index (κ2) is 5.57. The number of rotatable bonds is 2. The SMILES string of the molecule is CC1=C(C)CC(C(=O)Nc2ccc(Cl)cc2)CC1. The Kier molecular flexibility index (Phi) is 4.07. The van der Waals surface area contributed by atoms with Gasteiger partial charge in [0.1, 0.15) is 0 Å². The van der Waals surface area contributed by atoms with Crippen molar-refractivity contribution in [3.8, 4) is 0 Å². The van der Waals surface area contributed by atoms with Crippen LogP contribution in [0.3, 0.4) is 0 Å². The predicted molar refractivity (Wildman–Crippen MR) is 75.8 cm³/mol. The molecule has 18 heavy (non-hydrogen) atoms. The molecule has 1 amide bonds. The van der Waals surface area contributed by atoms with E-state index in [9.17, 15) is 4.79 Å². The van der Waals surface area contributed by atoms with E-state index in [1.807, 2.05) is 12.1 Å². The molecule has 1 N–H and O–H groups in total. The number of anilines is 1. The topological polar surface area (TPSA) is 29.1 Å². The first-order valence-electron chi connectivity index (χ1n) is 6.28. The first-order valence-corrected chi connectivity index (χ1v) is 6.65. The smallest absolute Gasteiger partial charge is 0.227 e. The molecule has 0 radical (unpaired) electrons. The monoisotopic (exact) mass is 263 g/mol. The lowest BCUT2D eigenvalue weighted by molar-refractivity contribution is -0.120. The predicted octanol–water partition coefficient (Wildman–Crippen LogP) is 4.42. The summed E-state index contributed by atoms with van der Waals surface area (Å²) in [6, 6.07) is 7.23. The van der Waals surface area contributed by atoms with E-state index in [0.29, 0.717) is 5.02 Å². The van der Waals surface area contributed by atoms with Crippen LogP contribution in [0.1, 0.15) is 33.1 Å². The number of carbonyl (C=O) groups excluding carboxylic acids is 1. The van der Waals surface area contributed by atoms with Gasteiger partial charge in [-0.15, -0.1) is 0 Å². The van der Waals surface area contributed by atoms with Gasteiger partial charge in [-0.3, -0.25) is 4.79 Å². The summed E-state index contributed by atoms with van der Waals surface area (Å²) in [5, 5.41) is 3.63. The molecule has 1 unspecified atom stereocenters. The van der Waals surface area contributed by atoms with Crippen LogP contribution < -0.4 is 5.32 Å². The molecule has 0 aliphatic heterocycles. The highest BCUT2D eigenvalue weighted by atomic mass is 35.5. The molecular formula is C15H18ClNO. The molecule has 0 saturated carbocycles. The normalized spacial score (nSPS) is 19.8. The Morgan fingerprint density at radius 1 is 1.22 bits per heavy atom.